The van der Waals surface area contributed by atoms with Gasteiger partial charge in [0, 0.05) is 26.3 Å². The number of fused-ring (bicyclic) bond motifs is 1. The van der Waals surface area contributed by atoms with E-state index in [0.717, 1.165) is 18.9 Å². The fraction of sp³-hybridized carbons (Fsp3) is 0.368. The van der Waals surface area contributed by atoms with Crippen molar-refractivity contribution < 1.29 is 13.6 Å². The summed E-state index contributed by atoms with van der Waals surface area (Å²) in [5, 5.41) is 7.97. The van der Waals surface area contributed by atoms with Crippen LogP contribution in [0.15, 0.2) is 30.5 Å². The summed E-state index contributed by atoms with van der Waals surface area (Å²) in [7, 11) is 1.73. The molecule has 0 N–H and O–H groups in total. The van der Waals surface area contributed by atoms with Crippen molar-refractivity contribution in [2.24, 2.45) is 13.0 Å². The van der Waals surface area contributed by atoms with Crippen LogP contribution in [0.1, 0.15) is 28.8 Å². The molecule has 3 aromatic rings. The first-order chi connectivity index (χ1) is 13.0. The molecule has 6 nitrogen and oxygen atoms in total. The first-order valence-corrected chi connectivity index (χ1v) is 8.90. The van der Waals surface area contributed by atoms with E-state index >= 15 is 0 Å². The van der Waals surface area contributed by atoms with Gasteiger partial charge in [-0.1, -0.05) is 5.21 Å². The zero-order chi connectivity index (χ0) is 19.0. The molecule has 140 valence electrons. The van der Waals surface area contributed by atoms with Crippen LogP contribution in [-0.2, 0) is 13.5 Å². The Labute approximate surface area is 154 Å². The lowest BCUT2D eigenvalue weighted by Gasteiger charge is -2.32. The summed E-state index contributed by atoms with van der Waals surface area (Å²) >= 11 is 0. The van der Waals surface area contributed by atoms with Crippen molar-refractivity contribution in [2.75, 3.05) is 13.1 Å². The lowest BCUT2D eigenvalue weighted by Crippen LogP contribution is -2.39. The number of carbonyl (C=O) groups is 1. The Morgan fingerprint density at radius 3 is 2.78 bits per heavy atom. The van der Waals surface area contributed by atoms with Crippen LogP contribution < -0.4 is 0 Å². The zero-order valence-electron chi connectivity index (χ0n) is 14.9. The van der Waals surface area contributed by atoms with Crippen molar-refractivity contribution >= 4 is 17.1 Å². The van der Waals surface area contributed by atoms with Gasteiger partial charge in [0.1, 0.15) is 17.2 Å². The molecule has 0 radical (unpaired) electrons. The normalized spacial score (nSPS) is 15.4. The Morgan fingerprint density at radius 2 is 2.00 bits per heavy atom. The third kappa shape index (κ3) is 3.39. The lowest BCUT2D eigenvalue weighted by molar-refractivity contribution is 0.0692. The summed E-state index contributed by atoms with van der Waals surface area (Å²) in [6.07, 6.45) is 3.56. The minimum Gasteiger partial charge on any atom is -0.339 e. The highest BCUT2D eigenvalue weighted by molar-refractivity contribution is 6.03. The van der Waals surface area contributed by atoms with Crippen LogP contribution in [0.4, 0.5) is 8.78 Å². The van der Waals surface area contributed by atoms with Crippen molar-refractivity contribution in [3.05, 3.63) is 53.2 Å². The number of piperidine rings is 1. The molecule has 0 atom stereocenters. The van der Waals surface area contributed by atoms with Gasteiger partial charge < -0.3 is 4.90 Å². The van der Waals surface area contributed by atoms with Crippen LogP contribution in [0.5, 0.6) is 0 Å². The van der Waals surface area contributed by atoms with E-state index in [0.29, 0.717) is 41.8 Å². The molecule has 1 fully saturated rings. The van der Waals surface area contributed by atoms with Crippen LogP contribution in [-0.4, -0.2) is 43.9 Å². The van der Waals surface area contributed by atoms with E-state index in [-0.39, 0.29) is 17.6 Å². The lowest BCUT2D eigenvalue weighted by atomic mass is 9.89. The fourth-order valence-electron chi connectivity index (χ4n) is 3.63. The van der Waals surface area contributed by atoms with E-state index in [1.165, 1.54) is 16.8 Å². The van der Waals surface area contributed by atoms with Crippen LogP contribution in [0.2, 0.25) is 0 Å². The smallest absolute Gasteiger partial charge is 0.256 e. The number of aromatic nitrogens is 4. The molecule has 0 bridgehead atoms. The number of nitrogens with zero attached hydrogens (tertiary/aromatic N) is 5. The molecule has 3 heterocycles. The predicted octanol–water partition coefficient (Wildman–Crippen LogP) is 2.74. The molecule has 0 unspecified atom stereocenters. The molecule has 2 aromatic heterocycles. The standard InChI is InChI=1S/C19H19F2N5O/c1-25-18-17(23-24-25)15(4-7-22-18)19(27)26-8-5-12(6-9-26)10-13-11-14(20)2-3-16(13)21/h2-4,7,11-12H,5-6,8-10H2,1H3. The Bertz CT molecular complexity index is 995. The molecular weight excluding hydrogens is 352 g/mol. The topological polar surface area (TPSA) is 63.9 Å². The second-order valence-corrected chi connectivity index (χ2v) is 6.92. The van der Waals surface area contributed by atoms with Crippen molar-refractivity contribution in [2.45, 2.75) is 19.3 Å². The highest BCUT2D eigenvalue weighted by Crippen LogP contribution is 2.25. The molecule has 27 heavy (non-hydrogen) atoms. The summed E-state index contributed by atoms with van der Waals surface area (Å²) in [4.78, 5) is 18.9. The van der Waals surface area contributed by atoms with Crippen LogP contribution in [0.25, 0.3) is 11.2 Å². The summed E-state index contributed by atoms with van der Waals surface area (Å²) in [6.45, 7) is 1.15. The number of aryl methyl sites for hydroxylation is 1. The Kier molecular flexibility index (Phi) is 4.55. The van der Waals surface area contributed by atoms with Gasteiger partial charge in [0.05, 0.1) is 5.56 Å². The number of amides is 1. The summed E-state index contributed by atoms with van der Waals surface area (Å²) in [5.74, 6) is -0.681. The Balaban J connectivity index is 1.44. The van der Waals surface area contributed by atoms with E-state index in [9.17, 15) is 13.6 Å². The van der Waals surface area contributed by atoms with E-state index in [1.807, 2.05) is 0 Å². The zero-order valence-corrected chi connectivity index (χ0v) is 14.9. The van der Waals surface area contributed by atoms with Crippen molar-refractivity contribution in [3.8, 4) is 0 Å². The number of hydrogen-bond donors (Lipinski definition) is 0. The Morgan fingerprint density at radius 1 is 1.22 bits per heavy atom. The van der Waals surface area contributed by atoms with Crippen LogP contribution in [0.3, 0.4) is 0 Å². The molecule has 1 aliphatic rings. The van der Waals surface area contributed by atoms with Gasteiger partial charge in [-0.2, -0.15) is 0 Å². The number of likely N-dealkylation sites (tertiary alicyclic amines) is 1. The molecule has 1 saturated heterocycles. The maximum absolute atomic E-state index is 13.8. The molecular formula is C19H19F2N5O. The van der Waals surface area contributed by atoms with E-state index in [1.54, 1.807) is 24.2 Å². The summed E-state index contributed by atoms with van der Waals surface area (Å²) in [5.41, 5.74) is 1.95. The van der Waals surface area contributed by atoms with Gasteiger partial charge in [0.2, 0.25) is 0 Å². The third-order valence-corrected chi connectivity index (χ3v) is 5.14. The highest BCUT2D eigenvalue weighted by Gasteiger charge is 2.26. The minimum absolute atomic E-state index is 0.0988. The van der Waals surface area contributed by atoms with Crippen LogP contribution >= 0.6 is 0 Å². The van der Waals surface area contributed by atoms with Crippen molar-refractivity contribution in [3.63, 3.8) is 0 Å². The molecule has 1 aromatic carbocycles. The summed E-state index contributed by atoms with van der Waals surface area (Å²) in [6, 6.07) is 5.21. The molecule has 0 aliphatic carbocycles. The number of pyridine rings is 1. The average Bonchev–Trinajstić information content (AvgIpc) is 3.06. The monoisotopic (exact) mass is 371 g/mol. The molecule has 4 rings (SSSR count). The van der Waals surface area contributed by atoms with Crippen molar-refractivity contribution in [1.82, 2.24) is 24.9 Å². The van der Waals surface area contributed by atoms with Gasteiger partial charge in [-0.25, -0.2) is 18.4 Å². The van der Waals surface area contributed by atoms with Gasteiger partial charge in [0.25, 0.3) is 5.91 Å². The molecule has 1 aliphatic heterocycles. The first-order valence-electron chi connectivity index (χ1n) is 8.90. The molecule has 1 amide bonds. The number of hydrogen-bond acceptors (Lipinski definition) is 4. The molecule has 8 heteroatoms. The molecule has 0 spiro atoms. The maximum Gasteiger partial charge on any atom is 0.256 e. The third-order valence-electron chi connectivity index (χ3n) is 5.14. The molecule has 0 saturated carbocycles. The van der Waals surface area contributed by atoms with Gasteiger partial charge in [0.15, 0.2) is 5.65 Å². The van der Waals surface area contributed by atoms with Gasteiger partial charge in [-0.3, -0.25) is 4.79 Å². The number of halogens is 2. The largest absolute Gasteiger partial charge is 0.339 e. The fourth-order valence-corrected chi connectivity index (χ4v) is 3.63. The average molecular weight is 371 g/mol. The quantitative estimate of drug-likeness (QED) is 0.710. The summed E-state index contributed by atoms with van der Waals surface area (Å²) < 4.78 is 28.7. The van der Waals surface area contributed by atoms with E-state index in [4.69, 9.17) is 0 Å². The first kappa shape index (κ1) is 17.5. The second-order valence-electron chi connectivity index (χ2n) is 6.92. The van der Waals surface area contributed by atoms with Gasteiger partial charge >= 0.3 is 0 Å². The van der Waals surface area contributed by atoms with E-state index in [2.05, 4.69) is 15.3 Å². The minimum atomic E-state index is -0.426. The van der Waals surface area contributed by atoms with Gasteiger partial charge in [-0.05, 0) is 55.0 Å². The predicted molar refractivity (Wildman–Crippen MR) is 95.0 cm³/mol. The SMILES string of the molecule is Cn1nnc2c(C(=O)N3CCC(Cc4cc(F)ccc4F)CC3)ccnc21. The van der Waals surface area contributed by atoms with Crippen LogP contribution in [0, 0.1) is 17.6 Å². The Hall–Kier alpha value is -2.90. The highest BCUT2D eigenvalue weighted by atomic mass is 19.1. The number of rotatable bonds is 3. The number of carbonyl (C=O) groups excluding carboxylic acids is 1. The number of benzene rings is 1. The van der Waals surface area contributed by atoms with E-state index < -0.39 is 5.82 Å². The second kappa shape index (κ2) is 7.02. The van der Waals surface area contributed by atoms with Gasteiger partial charge in [-0.15, -0.1) is 5.10 Å². The maximum atomic E-state index is 13.8. The van der Waals surface area contributed by atoms with Crippen molar-refractivity contribution in [1.29, 1.82) is 0 Å².